The van der Waals surface area contributed by atoms with Gasteiger partial charge in [-0.3, -0.25) is 20.2 Å². The average Bonchev–Trinajstić information content (AvgIpc) is 2.53. The molecule has 0 unspecified atom stereocenters. The third-order valence-electron chi connectivity index (χ3n) is 3.46. The molecule has 0 atom stereocenters. The Labute approximate surface area is 166 Å². The van der Waals surface area contributed by atoms with Gasteiger partial charge in [-0.05, 0) is 18.2 Å². The van der Waals surface area contributed by atoms with Crippen LogP contribution in [0.25, 0.3) is 0 Å². The van der Waals surface area contributed by atoms with Gasteiger partial charge in [-0.15, -0.1) is 0 Å². The normalized spacial score (nSPS) is 12.0. The molecule has 0 fully saturated rings. The Kier molecular flexibility index (Phi) is 5.86. The standard InChI is InChI=1S/C14H5Cl2F6N3O4/c15-7-2-1-5(13(17,18)19)3-8(7)23-11-9(24(26)27)4-6(14(20,21)22)10(16)12(11)25(28)29/h1-4,23H. The minimum absolute atomic E-state index is 0.0703. The second-order valence-corrected chi connectivity index (χ2v) is 6.10. The summed E-state index contributed by atoms with van der Waals surface area (Å²) >= 11 is 11.2. The third kappa shape index (κ3) is 4.62. The summed E-state index contributed by atoms with van der Waals surface area (Å²) in [6, 6.07) is 1.62. The van der Waals surface area contributed by atoms with Crippen LogP contribution >= 0.6 is 23.2 Å². The molecule has 0 heterocycles. The summed E-state index contributed by atoms with van der Waals surface area (Å²) < 4.78 is 77.7. The maximum atomic E-state index is 13.0. The zero-order valence-electron chi connectivity index (χ0n) is 13.4. The Hall–Kier alpha value is -2.80. The fraction of sp³-hybridized carbons (Fsp3) is 0.143. The van der Waals surface area contributed by atoms with Gasteiger partial charge < -0.3 is 5.32 Å². The number of alkyl halides is 6. The number of hydrogen-bond donors (Lipinski definition) is 1. The van der Waals surface area contributed by atoms with Crippen LogP contribution < -0.4 is 5.32 Å². The van der Waals surface area contributed by atoms with Crippen LogP contribution in [0.1, 0.15) is 11.1 Å². The number of rotatable bonds is 4. The van der Waals surface area contributed by atoms with E-state index < -0.39 is 66.1 Å². The summed E-state index contributed by atoms with van der Waals surface area (Å²) in [7, 11) is 0. The fourth-order valence-corrected chi connectivity index (χ4v) is 2.70. The highest BCUT2D eigenvalue weighted by Crippen LogP contribution is 2.49. The average molecular weight is 464 g/mol. The minimum atomic E-state index is -5.28. The first-order valence-electron chi connectivity index (χ1n) is 7.00. The van der Waals surface area contributed by atoms with Crippen LogP contribution in [0, 0.1) is 20.2 Å². The number of benzene rings is 2. The predicted molar refractivity (Wildman–Crippen MR) is 89.5 cm³/mol. The fourth-order valence-electron chi connectivity index (χ4n) is 2.21. The van der Waals surface area contributed by atoms with Crippen molar-refractivity contribution >= 4 is 46.0 Å². The van der Waals surface area contributed by atoms with Crippen LogP contribution in [0.3, 0.4) is 0 Å². The molecule has 0 bridgehead atoms. The van der Waals surface area contributed by atoms with Crippen LogP contribution in [0.15, 0.2) is 24.3 Å². The second kappa shape index (κ2) is 7.55. The van der Waals surface area contributed by atoms with E-state index in [1.54, 1.807) is 0 Å². The molecule has 0 aliphatic rings. The van der Waals surface area contributed by atoms with Gasteiger partial charge in [0.15, 0.2) is 5.69 Å². The zero-order chi connectivity index (χ0) is 22.3. The lowest BCUT2D eigenvalue weighted by atomic mass is 10.1. The smallest absolute Gasteiger partial charge is 0.343 e. The van der Waals surface area contributed by atoms with Crippen LogP contribution in [0.5, 0.6) is 0 Å². The zero-order valence-corrected chi connectivity index (χ0v) is 14.9. The molecule has 15 heteroatoms. The highest BCUT2D eigenvalue weighted by atomic mass is 35.5. The van der Waals surface area contributed by atoms with Crippen molar-refractivity contribution in [1.82, 2.24) is 0 Å². The van der Waals surface area contributed by atoms with Crippen molar-refractivity contribution in [3.63, 3.8) is 0 Å². The Balaban J connectivity index is 2.81. The third-order valence-corrected chi connectivity index (χ3v) is 4.17. The van der Waals surface area contributed by atoms with Gasteiger partial charge in [0.05, 0.1) is 31.7 Å². The summed E-state index contributed by atoms with van der Waals surface area (Å²) in [5, 5.41) is 22.5. The number of nitro benzene ring substituents is 2. The Bertz CT molecular complexity index is 1010. The first-order chi connectivity index (χ1) is 13.1. The van der Waals surface area contributed by atoms with Crippen LogP contribution in [-0.2, 0) is 12.4 Å². The molecule has 2 aromatic rings. The molecular weight excluding hydrogens is 459 g/mol. The van der Waals surface area contributed by atoms with Crippen molar-refractivity contribution in [2.24, 2.45) is 0 Å². The Morgan fingerprint density at radius 1 is 0.897 bits per heavy atom. The molecule has 0 aliphatic carbocycles. The molecule has 2 aromatic carbocycles. The molecule has 0 aliphatic heterocycles. The highest BCUT2D eigenvalue weighted by Gasteiger charge is 2.42. The monoisotopic (exact) mass is 463 g/mol. The van der Waals surface area contributed by atoms with Gasteiger partial charge >= 0.3 is 23.7 Å². The van der Waals surface area contributed by atoms with Crippen molar-refractivity contribution in [2.75, 3.05) is 5.32 Å². The van der Waals surface area contributed by atoms with Gasteiger partial charge in [0, 0.05) is 6.07 Å². The molecule has 0 spiro atoms. The summed E-state index contributed by atoms with van der Waals surface area (Å²) in [6.45, 7) is 0. The van der Waals surface area contributed by atoms with Gasteiger partial charge in [-0.25, -0.2) is 0 Å². The Morgan fingerprint density at radius 2 is 1.48 bits per heavy atom. The molecule has 0 amide bonds. The van der Waals surface area contributed by atoms with Gasteiger partial charge in [-0.1, -0.05) is 23.2 Å². The van der Waals surface area contributed by atoms with E-state index >= 15 is 0 Å². The highest BCUT2D eigenvalue weighted by molar-refractivity contribution is 6.35. The minimum Gasteiger partial charge on any atom is -0.343 e. The maximum absolute atomic E-state index is 13.0. The molecule has 0 radical (unpaired) electrons. The van der Waals surface area contributed by atoms with E-state index in [0.29, 0.717) is 12.1 Å². The lowest BCUT2D eigenvalue weighted by Gasteiger charge is -2.15. The molecule has 1 N–H and O–H groups in total. The first kappa shape index (κ1) is 22.5. The number of halogens is 8. The van der Waals surface area contributed by atoms with E-state index in [1.165, 1.54) is 0 Å². The quantitative estimate of drug-likeness (QED) is 0.313. The van der Waals surface area contributed by atoms with Crippen molar-refractivity contribution in [1.29, 1.82) is 0 Å². The van der Waals surface area contributed by atoms with Crippen molar-refractivity contribution in [3.05, 3.63) is 65.7 Å². The molecule has 0 aromatic heterocycles. The first-order valence-corrected chi connectivity index (χ1v) is 7.76. The second-order valence-electron chi connectivity index (χ2n) is 5.31. The number of nitrogens with one attached hydrogen (secondary N) is 1. The number of nitro groups is 2. The van der Waals surface area contributed by atoms with E-state index in [1.807, 2.05) is 5.32 Å². The molecule has 0 saturated heterocycles. The molecule has 156 valence electrons. The SMILES string of the molecule is O=[N+]([O-])c1cc(C(F)(F)F)c(Cl)c([N+](=O)[O-])c1Nc1cc(C(F)(F)F)ccc1Cl. The summed E-state index contributed by atoms with van der Waals surface area (Å²) in [5.41, 5.74) is -7.97. The van der Waals surface area contributed by atoms with Gasteiger partial charge in [-0.2, -0.15) is 26.3 Å². The molecular formula is C14H5Cl2F6N3O4. The van der Waals surface area contributed by atoms with Crippen LogP contribution in [-0.4, -0.2) is 9.85 Å². The molecule has 7 nitrogen and oxygen atoms in total. The van der Waals surface area contributed by atoms with E-state index in [4.69, 9.17) is 23.2 Å². The van der Waals surface area contributed by atoms with E-state index in [9.17, 15) is 46.6 Å². The summed E-state index contributed by atoms with van der Waals surface area (Å²) in [5.74, 6) is 0. The largest absolute Gasteiger partial charge is 0.418 e. The lowest BCUT2D eigenvalue weighted by Crippen LogP contribution is -2.11. The molecule has 0 saturated carbocycles. The maximum Gasteiger partial charge on any atom is 0.418 e. The topological polar surface area (TPSA) is 98.3 Å². The predicted octanol–water partition coefficient (Wildman–Crippen LogP) is 6.59. The van der Waals surface area contributed by atoms with Crippen molar-refractivity contribution in [2.45, 2.75) is 12.4 Å². The van der Waals surface area contributed by atoms with Gasteiger partial charge in [0.25, 0.3) is 0 Å². The van der Waals surface area contributed by atoms with Crippen molar-refractivity contribution in [3.8, 4) is 0 Å². The van der Waals surface area contributed by atoms with E-state index in [0.717, 1.165) is 6.07 Å². The van der Waals surface area contributed by atoms with Crippen LogP contribution in [0.2, 0.25) is 10.0 Å². The Morgan fingerprint density at radius 3 is 1.93 bits per heavy atom. The lowest BCUT2D eigenvalue weighted by molar-refractivity contribution is -0.392. The number of anilines is 2. The van der Waals surface area contributed by atoms with Gasteiger partial charge in [0.2, 0.25) is 0 Å². The number of nitrogens with zero attached hydrogens (tertiary/aromatic N) is 2. The molecule has 2 rings (SSSR count). The summed E-state index contributed by atoms with van der Waals surface area (Å²) in [6.07, 6.45) is -10.1. The summed E-state index contributed by atoms with van der Waals surface area (Å²) in [4.78, 5) is 19.7. The van der Waals surface area contributed by atoms with E-state index in [-0.39, 0.29) is 6.07 Å². The van der Waals surface area contributed by atoms with Gasteiger partial charge in [0.1, 0.15) is 5.02 Å². The molecule has 29 heavy (non-hydrogen) atoms. The van der Waals surface area contributed by atoms with Crippen molar-refractivity contribution < 1.29 is 36.2 Å². The number of hydrogen-bond acceptors (Lipinski definition) is 5. The van der Waals surface area contributed by atoms with E-state index in [2.05, 4.69) is 0 Å². The van der Waals surface area contributed by atoms with Crippen LogP contribution in [0.4, 0.5) is 49.1 Å².